The van der Waals surface area contributed by atoms with Crippen LogP contribution in [0.5, 0.6) is 0 Å². The fourth-order valence-electron chi connectivity index (χ4n) is 2.07. The van der Waals surface area contributed by atoms with Crippen molar-refractivity contribution in [1.29, 1.82) is 0 Å². The lowest BCUT2D eigenvalue weighted by atomic mass is 10.1. The second-order valence-electron chi connectivity index (χ2n) is 4.57. The minimum absolute atomic E-state index is 0.00134. The predicted octanol–water partition coefficient (Wildman–Crippen LogP) is -0.332. The maximum Gasteiger partial charge on any atom is 0.328 e. The summed E-state index contributed by atoms with van der Waals surface area (Å²) in [6, 6.07) is 7.04. The third-order valence-corrected chi connectivity index (χ3v) is 3.15. The number of aromatic amines is 2. The van der Waals surface area contributed by atoms with E-state index in [9.17, 15) is 9.59 Å². The van der Waals surface area contributed by atoms with Crippen LogP contribution in [0.2, 0.25) is 0 Å². The third kappa shape index (κ3) is 2.65. The number of anilines is 2. The van der Waals surface area contributed by atoms with Crippen molar-refractivity contribution in [2.75, 3.05) is 5.32 Å². The second kappa shape index (κ2) is 5.69. The molecule has 10 heteroatoms. The van der Waals surface area contributed by atoms with Gasteiger partial charge < -0.3 is 21.0 Å². The molecular weight excluding hydrogens is 302 g/mol. The normalized spacial score (nSPS) is 11.6. The molecule has 23 heavy (non-hydrogen) atoms. The Bertz CT molecular complexity index is 981. The van der Waals surface area contributed by atoms with E-state index in [1.54, 1.807) is 24.3 Å². The number of nitrogens with zero attached hydrogens (tertiary/aromatic N) is 1. The van der Waals surface area contributed by atoms with Crippen LogP contribution in [-0.4, -0.2) is 15.1 Å². The molecule has 0 amide bonds. The summed E-state index contributed by atoms with van der Waals surface area (Å²) in [5.74, 6) is 5.54. The average molecular weight is 315 g/mol. The Balaban J connectivity index is 1.94. The number of aromatic nitrogens is 3. The molecule has 0 bridgehead atoms. The van der Waals surface area contributed by atoms with Crippen molar-refractivity contribution < 1.29 is 4.52 Å². The van der Waals surface area contributed by atoms with E-state index in [0.29, 0.717) is 11.4 Å². The molecule has 0 radical (unpaired) electrons. The molecule has 0 saturated carbocycles. The quantitative estimate of drug-likeness (QED) is 0.281. The molecule has 0 spiro atoms. The Hall–Kier alpha value is -3.53. The smallest absolute Gasteiger partial charge is 0.328 e. The zero-order chi connectivity index (χ0) is 16.4. The van der Waals surface area contributed by atoms with E-state index >= 15 is 0 Å². The van der Waals surface area contributed by atoms with Gasteiger partial charge in [0.2, 0.25) is 5.71 Å². The first-order valence-corrected chi connectivity index (χ1v) is 6.50. The molecule has 0 saturated heterocycles. The van der Waals surface area contributed by atoms with Crippen LogP contribution in [0.15, 0.2) is 44.6 Å². The summed E-state index contributed by atoms with van der Waals surface area (Å²) in [6.07, 6.45) is 1.35. The van der Waals surface area contributed by atoms with Gasteiger partial charge in [0.25, 0.3) is 5.56 Å². The Morgan fingerprint density at radius 3 is 2.61 bits per heavy atom. The van der Waals surface area contributed by atoms with Crippen LogP contribution in [0.1, 0.15) is 5.56 Å². The van der Waals surface area contributed by atoms with E-state index in [-0.39, 0.29) is 16.9 Å². The minimum atomic E-state index is -0.662. The predicted molar refractivity (Wildman–Crippen MR) is 84.5 cm³/mol. The monoisotopic (exact) mass is 315 g/mol. The van der Waals surface area contributed by atoms with Gasteiger partial charge in [0.15, 0.2) is 5.82 Å². The Labute approximate surface area is 128 Å². The molecule has 0 unspecified atom stereocenters. The molecule has 2 heterocycles. The molecule has 0 atom stereocenters. The van der Waals surface area contributed by atoms with Gasteiger partial charge >= 0.3 is 5.69 Å². The van der Waals surface area contributed by atoms with Gasteiger partial charge in [0.05, 0.1) is 5.70 Å². The summed E-state index contributed by atoms with van der Waals surface area (Å²) in [7, 11) is 0. The van der Waals surface area contributed by atoms with Crippen LogP contribution in [0.3, 0.4) is 0 Å². The molecule has 1 aromatic carbocycles. The highest BCUT2D eigenvalue weighted by atomic mass is 16.5. The van der Waals surface area contributed by atoms with Gasteiger partial charge in [-0.3, -0.25) is 20.6 Å². The zero-order valence-electron chi connectivity index (χ0n) is 11.7. The number of hydrogen-bond donors (Lipinski definition) is 6. The van der Waals surface area contributed by atoms with Gasteiger partial charge in [-0.2, -0.15) is 0 Å². The van der Waals surface area contributed by atoms with Crippen molar-refractivity contribution >= 4 is 28.3 Å². The van der Waals surface area contributed by atoms with Gasteiger partial charge in [0, 0.05) is 17.5 Å². The lowest BCUT2D eigenvalue weighted by Gasteiger charge is -2.07. The lowest BCUT2D eigenvalue weighted by molar-refractivity contribution is 0.451. The summed E-state index contributed by atoms with van der Waals surface area (Å²) in [4.78, 5) is 27.5. The molecule has 0 fully saturated rings. The van der Waals surface area contributed by atoms with Gasteiger partial charge in [-0.25, -0.2) is 4.79 Å². The molecule has 3 rings (SSSR count). The highest BCUT2D eigenvalue weighted by molar-refractivity contribution is 5.86. The molecule has 3 aromatic rings. The van der Waals surface area contributed by atoms with Crippen LogP contribution in [0, 0.1) is 0 Å². The summed E-state index contributed by atoms with van der Waals surface area (Å²) in [5.41, 5.74) is 8.67. The highest BCUT2D eigenvalue weighted by Gasteiger charge is 2.13. The first-order valence-electron chi connectivity index (χ1n) is 6.50. The standard InChI is InChI=1S/C13H13N7O3/c14-5-8(19-15)6-1-3-7(4-2-6)16-10-9-11(21)17-13(22)18-12(9)23-20-10/h1-5,19H,14-15H2,(H,16,20)(H2,17,18,21,22)/b8-5-. The number of fused-ring (bicyclic) bond motifs is 1. The topological polar surface area (TPSA) is 168 Å². The number of hydrogen-bond acceptors (Lipinski definition) is 8. The minimum Gasteiger partial charge on any atom is -0.403 e. The fraction of sp³-hybridized carbons (Fsp3) is 0. The molecule has 2 aromatic heterocycles. The number of hydrazine groups is 1. The molecule has 10 nitrogen and oxygen atoms in total. The Morgan fingerprint density at radius 2 is 1.96 bits per heavy atom. The number of nitrogens with one attached hydrogen (secondary N) is 4. The van der Waals surface area contributed by atoms with Crippen LogP contribution in [0.4, 0.5) is 11.5 Å². The van der Waals surface area contributed by atoms with Gasteiger partial charge in [-0.15, -0.1) is 0 Å². The Morgan fingerprint density at radius 1 is 1.22 bits per heavy atom. The molecule has 0 aliphatic carbocycles. The number of benzene rings is 1. The highest BCUT2D eigenvalue weighted by Crippen LogP contribution is 2.22. The van der Waals surface area contributed by atoms with Crippen molar-refractivity contribution in [3.8, 4) is 0 Å². The summed E-state index contributed by atoms with van der Waals surface area (Å²) in [6.45, 7) is 0. The summed E-state index contributed by atoms with van der Waals surface area (Å²) in [5, 5.41) is 6.81. The molecular formula is C13H13N7O3. The maximum atomic E-state index is 11.8. The lowest BCUT2D eigenvalue weighted by Crippen LogP contribution is -2.21. The summed E-state index contributed by atoms with van der Waals surface area (Å²) < 4.78 is 4.94. The van der Waals surface area contributed by atoms with Crippen molar-refractivity contribution in [1.82, 2.24) is 20.6 Å². The van der Waals surface area contributed by atoms with E-state index in [1.165, 1.54) is 6.20 Å². The van der Waals surface area contributed by atoms with Crippen LogP contribution in [0.25, 0.3) is 16.8 Å². The van der Waals surface area contributed by atoms with Crippen LogP contribution >= 0.6 is 0 Å². The molecule has 0 aliphatic heterocycles. The maximum absolute atomic E-state index is 11.8. The van der Waals surface area contributed by atoms with Crippen LogP contribution in [-0.2, 0) is 0 Å². The van der Waals surface area contributed by atoms with E-state index < -0.39 is 11.2 Å². The second-order valence-corrected chi connectivity index (χ2v) is 4.57. The van der Waals surface area contributed by atoms with Crippen molar-refractivity contribution in [3.63, 3.8) is 0 Å². The van der Waals surface area contributed by atoms with Crippen molar-refractivity contribution in [3.05, 3.63) is 56.9 Å². The first kappa shape index (κ1) is 14.4. The van der Waals surface area contributed by atoms with E-state index in [4.69, 9.17) is 16.1 Å². The fourth-order valence-corrected chi connectivity index (χ4v) is 2.07. The zero-order valence-corrected chi connectivity index (χ0v) is 11.7. The SMILES string of the molecule is N/C=C(\NN)c1ccc(Nc2noc3[nH]c(=O)[nH]c(=O)c23)cc1. The van der Waals surface area contributed by atoms with Crippen molar-refractivity contribution in [2.24, 2.45) is 11.6 Å². The number of H-pyrrole nitrogens is 2. The van der Waals surface area contributed by atoms with Gasteiger partial charge in [-0.1, -0.05) is 17.3 Å². The number of nitrogens with two attached hydrogens (primary N) is 2. The molecule has 8 N–H and O–H groups in total. The molecule has 118 valence electrons. The number of rotatable bonds is 4. The Kier molecular flexibility index (Phi) is 3.57. The van der Waals surface area contributed by atoms with E-state index in [2.05, 4.69) is 25.9 Å². The van der Waals surface area contributed by atoms with Crippen molar-refractivity contribution in [2.45, 2.75) is 0 Å². The van der Waals surface area contributed by atoms with E-state index in [1.807, 2.05) is 0 Å². The van der Waals surface area contributed by atoms with Crippen LogP contribution < -0.4 is 33.6 Å². The summed E-state index contributed by atoms with van der Waals surface area (Å²) >= 11 is 0. The largest absolute Gasteiger partial charge is 0.403 e. The van der Waals surface area contributed by atoms with Gasteiger partial charge in [0.1, 0.15) is 5.39 Å². The third-order valence-electron chi connectivity index (χ3n) is 3.15. The molecule has 0 aliphatic rings. The van der Waals surface area contributed by atoms with E-state index in [0.717, 1.165) is 5.56 Å². The average Bonchev–Trinajstić information content (AvgIpc) is 2.93. The van der Waals surface area contributed by atoms with Gasteiger partial charge in [-0.05, 0) is 12.1 Å². The first-order chi connectivity index (χ1) is 11.1.